The first kappa shape index (κ1) is 17.5. The Balaban J connectivity index is 1.44. The second kappa shape index (κ2) is 8.18. The Morgan fingerprint density at radius 3 is 2.19 bits per heavy atom. The summed E-state index contributed by atoms with van der Waals surface area (Å²) in [6.07, 6.45) is 0. The minimum Gasteiger partial charge on any atom is -0.454 e. The van der Waals surface area contributed by atoms with E-state index in [1.165, 1.54) is 11.1 Å². The molecule has 3 aromatic rings. The summed E-state index contributed by atoms with van der Waals surface area (Å²) in [5.74, 6) is 1.67. The molecule has 1 amide bonds. The van der Waals surface area contributed by atoms with Crippen molar-refractivity contribution in [1.82, 2.24) is 0 Å². The van der Waals surface area contributed by atoms with Gasteiger partial charge in [-0.2, -0.15) is 0 Å². The average molecular weight is 377 g/mol. The third-order valence-corrected chi connectivity index (χ3v) is 5.55. The molecular formula is C22H19NO3S. The molecule has 0 spiro atoms. The lowest BCUT2D eigenvalue weighted by molar-refractivity contribution is -0.113. The Bertz CT molecular complexity index is 876. The van der Waals surface area contributed by atoms with Gasteiger partial charge in [-0.3, -0.25) is 4.79 Å². The number of nitrogens with one attached hydrogen (secondary N) is 1. The fraction of sp³-hybridized carbons (Fsp3) is 0.136. The van der Waals surface area contributed by atoms with Crippen molar-refractivity contribution in [2.75, 3.05) is 17.9 Å². The van der Waals surface area contributed by atoms with Crippen LogP contribution in [-0.4, -0.2) is 18.5 Å². The zero-order valence-corrected chi connectivity index (χ0v) is 15.4. The maximum Gasteiger partial charge on any atom is 0.234 e. The van der Waals surface area contributed by atoms with Gasteiger partial charge in [-0.05, 0) is 23.3 Å². The van der Waals surface area contributed by atoms with E-state index in [9.17, 15) is 4.79 Å². The molecule has 1 aliphatic heterocycles. The van der Waals surface area contributed by atoms with Crippen LogP contribution < -0.4 is 14.8 Å². The lowest BCUT2D eigenvalue weighted by Crippen LogP contribution is -2.15. The van der Waals surface area contributed by atoms with Crippen molar-refractivity contribution < 1.29 is 14.3 Å². The second-order valence-corrected chi connectivity index (χ2v) is 7.22. The SMILES string of the molecule is O=C(CSC(c1ccccc1)c1ccccc1)Nc1ccc2c(c1)OCO2. The van der Waals surface area contributed by atoms with Gasteiger partial charge in [0.05, 0.1) is 11.0 Å². The Morgan fingerprint density at radius 2 is 1.52 bits per heavy atom. The van der Waals surface area contributed by atoms with Gasteiger partial charge < -0.3 is 14.8 Å². The zero-order chi connectivity index (χ0) is 18.5. The molecule has 0 radical (unpaired) electrons. The molecule has 4 rings (SSSR count). The molecular weight excluding hydrogens is 358 g/mol. The van der Waals surface area contributed by atoms with Gasteiger partial charge in [-0.15, -0.1) is 11.8 Å². The van der Waals surface area contributed by atoms with E-state index in [2.05, 4.69) is 29.6 Å². The Labute approximate surface area is 162 Å². The third kappa shape index (κ3) is 4.26. The molecule has 0 atom stereocenters. The van der Waals surface area contributed by atoms with Crippen molar-refractivity contribution in [3.05, 3.63) is 90.0 Å². The summed E-state index contributed by atoms with van der Waals surface area (Å²) in [6.45, 7) is 0.221. The first-order chi connectivity index (χ1) is 13.3. The van der Waals surface area contributed by atoms with E-state index < -0.39 is 0 Å². The number of anilines is 1. The van der Waals surface area contributed by atoms with Crippen molar-refractivity contribution >= 4 is 23.4 Å². The predicted octanol–water partition coefficient (Wildman–Crippen LogP) is 4.88. The molecule has 1 heterocycles. The van der Waals surface area contributed by atoms with Gasteiger partial charge in [-0.1, -0.05) is 60.7 Å². The number of thioether (sulfide) groups is 1. The molecule has 27 heavy (non-hydrogen) atoms. The normalized spacial score (nSPS) is 12.2. The van der Waals surface area contributed by atoms with Crippen molar-refractivity contribution in [2.45, 2.75) is 5.25 Å². The van der Waals surface area contributed by atoms with E-state index in [4.69, 9.17) is 9.47 Å². The molecule has 1 aliphatic rings. The van der Waals surface area contributed by atoms with E-state index in [0.29, 0.717) is 22.9 Å². The largest absolute Gasteiger partial charge is 0.454 e. The summed E-state index contributed by atoms with van der Waals surface area (Å²) < 4.78 is 10.7. The van der Waals surface area contributed by atoms with Crippen molar-refractivity contribution in [3.63, 3.8) is 0 Å². The number of ether oxygens (including phenoxy) is 2. The Kier molecular flexibility index (Phi) is 5.30. The maximum absolute atomic E-state index is 12.5. The van der Waals surface area contributed by atoms with E-state index in [0.717, 1.165) is 0 Å². The maximum atomic E-state index is 12.5. The number of amides is 1. The number of hydrogen-bond donors (Lipinski definition) is 1. The molecule has 4 nitrogen and oxygen atoms in total. The van der Waals surface area contributed by atoms with Gasteiger partial charge in [0.2, 0.25) is 12.7 Å². The summed E-state index contributed by atoms with van der Waals surface area (Å²) in [4.78, 5) is 12.5. The summed E-state index contributed by atoms with van der Waals surface area (Å²) in [6, 6.07) is 25.9. The highest BCUT2D eigenvalue weighted by Gasteiger charge is 2.17. The minimum atomic E-state index is -0.0456. The number of fused-ring (bicyclic) bond motifs is 1. The third-order valence-electron chi connectivity index (χ3n) is 4.24. The van der Waals surface area contributed by atoms with Crippen molar-refractivity contribution in [1.29, 1.82) is 0 Å². The van der Waals surface area contributed by atoms with Gasteiger partial charge >= 0.3 is 0 Å². The van der Waals surface area contributed by atoms with Crippen LogP contribution >= 0.6 is 11.8 Å². The number of carbonyl (C=O) groups excluding carboxylic acids is 1. The van der Waals surface area contributed by atoms with Crippen LogP contribution in [0.4, 0.5) is 5.69 Å². The van der Waals surface area contributed by atoms with Gasteiger partial charge in [-0.25, -0.2) is 0 Å². The van der Waals surface area contributed by atoms with Crippen molar-refractivity contribution in [3.8, 4) is 11.5 Å². The molecule has 0 fully saturated rings. The fourth-order valence-corrected chi connectivity index (χ4v) is 4.06. The monoisotopic (exact) mass is 377 g/mol. The van der Waals surface area contributed by atoms with Gasteiger partial charge in [0.25, 0.3) is 0 Å². The van der Waals surface area contributed by atoms with Crippen LogP contribution in [0.3, 0.4) is 0 Å². The molecule has 0 aromatic heterocycles. The first-order valence-electron chi connectivity index (χ1n) is 8.70. The lowest BCUT2D eigenvalue weighted by atomic mass is 10.0. The zero-order valence-electron chi connectivity index (χ0n) is 14.6. The standard InChI is InChI=1S/C22H19NO3S/c24-21(23-18-11-12-19-20(13-18)26-15-25-19)14-27-22(16-7-3-1-4-8-16)17-9-5-2-6-10-17/h1-13,22H,14-15H2,(H,23,24). The van der Waals surface area contributed by atoms with Crippen LogP contribution in [0.1, 0.15) is 16.4 Å². The van der Waals surface area contributed by atoms with E-state index in [1.807, 2.05) is 48.5 Å². The molecule has 0 aliphatic carbocycles. The summed E-state index contributed by atoms with van der Waals surface area (Å²) >= 11 is 1.61. The van der Waals surface area contributed by atoms with E-state index in [1.54, 1.807) is 17.8 Å². The van der Waals surface area contributed by atoms with E-state index in [-0.39, 0.29) is 18.0 Å². The molecule has 0 saturated carbocycles. The average Bonchev–Trinajstić information content (AvgIpc) is 3.18. The number of rotatable bonds is 6. The second-order valence-electron chi connectivity index (χ2n) is 6.13. The molecule has 3 aromatic carbocycles. The lowest BCUT2D eigenvalue weighted by Gasteiger charge is -2.17. The van der Waals surface area contributed by atoms with Crippen LogP contribution in [0.5, 0.6) is 11.5 Å². The van der Waals surface area contributed by atoms with Crippen LogP contribution in [0.15, 0.2) is 78.9 Å². The quantitative estimate of drug-likeness (QED) is 0.665. The fourth-order valence-electron chi connectivity index (χ4n) is 2.97. The highest BCUT2D eigenvalue weighted by molar-refractivity contribution is 8.00. The smallest absolute Gasteiger partial charge is 0.234 e. The molecule has 136 valence electrons. The van der Waals surface area contributed by atoms with E-state index >= 15 is 0 Å². The summed E-state index contributed by atoms with van der Waals surface area (Å²) in [5.41, 5.74) is 3.08. The van der Waals surface area contributed by atoms with Crippen LogP contribution in [0.25, 0.3) is 0 Å². The van der Waals surface area contributed by atoms with Crippen LogP contribution in [0.2, 0.25) is 0 Å². The molecule has 1 N–H and O–H groups in total. The summed E-state index contributed by atoms with van der Waals surface area (Å²) in [7, 11) is 0. The first-order valence-corrected chi connectivity index (χ1v) is 9.75. The highest BCUT2D eigenvalue weighted by atomic mass is 32.2. The molecule has 0 saturated heterocycles. The summed E-state index contributed by atoms with van der Waals surface area (Å²) in [5, 5.41) is 3.04. The van der Waals surface area contributed by atoms with Crippen molar-refractivity contribution in [2.24, 2.45) is 0 Å². The predicted molar refractivity (Wildman–Crippen MR) is 108 cm³/mol. The number of benzene rings is 3. The topological polar surface area (TPSA) is 47.6 Å². The molecule has 0 bridgehead atoms. The van der Waals surface area contributed by atoms with Gasteiger partial charge in [0.15, 0.2) is 11.5 Å². The number of carbonyl (C=O) groups is 1. The van der Waals surface area contributed by atoms with Gasteiger partial charge in [0, 0.05) is 11.8 Å². The minimum absolute atomic E-state index is 0.0456. The number of hydrogen-bond acceptors (Lipinski definition) is 4. The van der Waals surface area contributed by atoms with Crippen LogP contribution in [0, 0.1) is 0 Å². The Morgan fingerprint density at radius 1 is 0.889 bits per heavy atom. The Hall–Kier alpha value is -2.92. The molecule has 5 heteroatoms. The van der Waals surface area contributed by atoms with Crippen LogP contribution in [-0.2, 0) is 4.79 Å². The molecule has 0 unspecified atom stereocenters. The highest BCUT2D eigenvalue weighted by Crippen LogP contribution is 2.36. The van der Waals surface area contributed by atoms with Gasteiger partial charge in [0.1, 0.15) is 0 Å².